The van der Waals surface area contributed by atoms with Crippen LogP contribution in [0.25, 0.3) is 0 Å². The molecule has 1 aliphatic heterocycles. The zero-order valence-corrected chi connectivity index (χ0v) is 13.5. The van der Waals surface area contributed by atoms with Gasteiger partial charge in [-0.25, -0.2) is 0 Å². The summed E-state index contributed by atoms with van der Waals surface area (Å²) in [5, 5.41) is 4.34. The fourth-order valence-corrected chi connectivity index (χ4v) is 3.13. The molecular weight excluding hydrogens is 268 g/mol. The Hall–Kier alpha value is -0.730. The Morgan fingerprint density at radius 2 is 2.00 bits per heavy atom. The highest BCUT2D eigenvalue weighted by atomic mass is 35.5. The van der Waals surface area contributed by atoms with Gasteiger partial charge in [0.25, 0.3) is 0 Å². The van der Waals surface area contributed by atoms with E-state index >= 15 is 0 Å². The van der Waals surface area contributed by atoms with Gasteiger partial charge in [0.05, 0.1) is 0 Å². The molecule has 0 amide bonds. The standard InChI is InChI=1S/C17H27ClN2/c1-3-9-19-13-15-5-6-16(18)12-17(15)20-10-7-14(4-2)8-11-20/h5-6,12,14,19H,3-4,7-11,13H2,1-2H3. The molecule has 2 nitrogen and oxygen atoms in total. The molecule has 3 heteroatoms. The molecule has 0 radical (unpaired) electrons. The number of halogens is 1. The third-order valence-electron chi connectivity index (χ3n) is 4.32. The lowest BCUT2D eigenvalue weighted by Gasteiger charge is -2.34. The summed E-state index contributed by atoms with van der Waals surface area (Å²) in [6, 6.07) is 6.32. The van der Waals surface area contributed by atoms with E-state index in [1.807, 2.05) is 6.07 Å². The molecule has 1 heterocycles. The van der Waals surface area contributed by atoms with E-state index in [1.54, 1.807) is 0 Å². The van der Waals surface area contributed by atoms with Crippen LogP contribution in [0, 0.1) is 5.92 Å². The predicted molar refractivity (Wildman–Crippen MR) is 88.7 cm³/mol. The molecule has 0 unspecified atom stereocenters. The van der Waals surface area contributed by atoms with Gasteiger partial charge in [-0.2, -0.15) is 0 Å². The molecule has 1 fully saturated rings. The van der Waals surface area contributed by atoms with Crippen molar-refractivity contribution in [2.45, 2.75) is 46.1 Å². The second kappa shape index (κ2) is 7.90. The molecule has 0 aliphatic carbocycles. The highest BCUT2D eigenvalue weighted by Crippen LogP contribution is 2.30. The van der Waals surface area contributed by atoms with Crippen molar-refractivity contribution >= 4 is 17.3 Å². The van der Waals surface area contributed by atoms with E-state index in [9.17, 15) is 0 Å². The first-order chi connectivity index (χ1) is 9.74. The first-order valence-electron chi connectivity index (χ1n) is 7.98. The average molecular weight is 295 g/mol. The first kappa shape index (κ1) is 15.7. The smallest absolute Gasteiger partial charge is 0.0426 e. The summed E-state index contributed by atoms with van der Waals surface area (Å²) in [5.41, 5.74) is 2.70. The minimum absolute atomic E-state index is 0.844. The largest absolute Gasteiger partial charge is 0.371 e. The van der Waals surface area contributed by atoms with E-state index < -0.39 is 0 Å². The minimum atomic E-state index is 0.844. The van der Waals surface area contributed by atoms with Gasteiger partial charge in [-0.15, -0.1) is 0 Å². The molecule has 1 aliphatic rings. The third kappa shape index (κ3) is 4.13. The monoisotopic (exact) mass is 294 g/mol. The molecule has 0 saturated carbocycles. The third-order valence-corrected chi connectivity index (χ3v) is 4.56. The van der Waals surface area contributed by atoms with E-state index in [0.717, 1.165) is 24.0 Å². The summed E-state index contributed by atoms with van der Waals surface area (Å²) in [7, 11) is 0. The van der Waals surface area contributed by atoms with Crippen molar-refractivity contribution in [1.82, 2.24) is 5.32 Å². The van der Waals surface area contributed by atoms with Gasteiger partial charge in [-0.3, -0.25) is 0 Å². The zero-order valence-electron chi connectivity index (χ0n) is 12.8. The highest BCUT2D eigenvalue weighted by Gasteiger charge is 2.20. The van der Waals surface area contributed by atoms with Crippen LogP contribution in [0.4, 0.5) is 5.69 Å². The topological polar surface area (TPSA) is 15.3 Å². The molecule has 2 rings (SSSR count). The molecule has 112 valence electrons. The van der Waals surface area contributed by atoms with Gasteiger partial charge in [0.1, 0.15) is 0 Å². The van der Waals surface area contributed by atoms with E-state index in [2.05, 4.69) is 36.2 Å². The summed E-state index contributed by atoms with van der Waals surface area (Å²) >= 11 is 6.21. The summed E-state index contributed by atoms with van der Waals surface area (Å²) < 4.78 is 0. The predicted octanol–water partition coefficient (Wildman–Crippen LogP) is 4.47. The van der Waals surface area contributed by atoms with Gasteiger partial charge in [0, 0.05) is 30.3 Å². The fourth-order valence-electron chi connectivity index (χ4n) is 2.96. The molecule has 0 spiro atoms. The molecule has 1 N–H and O–H groups in total. The van der Waals surface area contributed by atoms with Crippen LogP contribution in [-0.2, 0) is 6.54 Å². The first-order valence-corrected chi connectivity index (χ1v) is 8.36. The van der Waals surface area contributed by atoms with Gasteiger partial charge in [-0.1, -0.05) is 37.9 Å². The Morgan fingerprint density at radius 1 is 1.25 bits per heavy atom. The summed E-state index contributed by atoms with van der Waals surface area (Å²) in [6.07, 6.45) is 5.11. The molecule has 0 atom stereocenters. The second-order valence-corrected chi connectivity index (χ2v) is 6.22. The Morgan fingerprint density at radius 3 is 2.65 bits per heavy atom. The van der Waals surface area contributed by atoms with Crippen LogP contribution in [-0.4, -0.2) is 19.6 Å². The van der Waals surface area contributed by atoms with Crippen LogP contribution < -0.4 is 10.2 Å². The van der Waals surface area contributed by atoms with E-state index in [1.165, 1.54) is 50.0 Å². The molecule has 0 aromatic heterocycles. The van der Waals surface area contributed by atoms with Gasteiger partial charge in [-0.05, 0) is 49.4 Å². The number of hydrogen-bond donors (Lipinski definition) is 1. The lowest BCUT2D eigenvalue weighted by atomic mass is 9.94. The number of nitrogens with one attached hydrogen (secondary N) is 1. The van der Waals surface area contributed by atoms with Crippen molar-refractivity contribution in [2.75, 3.05) is 24.5 Å². The average Bonchev–Trinajstić information content (AvgIpc) is 2.49. The van der Waals surface area contributed by atoms with Crippen molar-refractivity contribution in [3.05, 3.63) is 28.8 Å². The number of benzene rings is 1. The molecule has 1 saturated heterocycles. The second-order valence-electron chi connectivity index (χ2n) is 5.79. The Kier molecular flexibility index (Phi) is 6.18. The van der Waals surface area contributed by atoms with Crippen LogP contribution in [0.5, 0.6) is 0 Å². The number of nitrogens with zero attached hydrogens (tertiary/aromatic N) is 1. The number of piperidine rings is 1. The number of hydrogen-bond acceptors (Lipinski definition) is 2. The maximum atomic E-state index is 6.21. The van der Waals surface area contributed by atoms with Crippen molar-refractivity contribution in [2.24, 2.45) is 5.92 Å². The Bertz CT molecular complexity index is 411. The number of anilines is 1. The number of rotatable bonds is 6. The minimum Gasteiger partial charge on any atom is -0.371 e. The van der Waals surface area contributed by atoms with Crippen LogP contribution in [0.3, 0.4) is 0 Å². The van der Waals surface area contributed by atoms with Crippen LogP contribution >= 0.6 is 11.6 Å². The zero-order chi connectivity index (χ0) is 14.4. The maximum absolute atomic E-state index is 6.21. The molecule has 0 bridgehead atoms. The van der Waals surface area contributed by atoms with Crippen molar-refractivity contribution in [3.63, 3.8) is 0 Å². The van der Waals surface area contributed by atoms with Crippen molar-refractivity contribution in [1.29, 1.82) is 0 Å². The molecular formula is C17H27ClN2. The maximum Gasteiger partial charge on any atom is 0.0426 e. The SMILES string of the molecule is CCCNCc1ccc(Cl)cc1N1CCC(CC)CC1. The van der Waals surface area contributed by atoms with Gasteiger partial charge < -0.3 is 10.2 Å². The normalized spacial score (nSPS) is 16.6. The van der Waals surface area contributed by atoms with E-state index in [-0.39, 0.29) is 0 Å². The van der Waals surface area contributed by atoms with E-state index in [0.29, 0.717) is 0 Å². The lowest BCUT2D eigenvalue weighted by molar-refractivity contribution is 0.394. The van der Waals surface area contributed by atoms with Gasteiger partial charge in [0.15, 0.2) is 0 Å². The summed E-state index contributed by atoms with van der Waals surface area (Å²) in [6.45, 7) is 8.85. The molecule has 1 aromatic carbocycles. The Labute approximate surface area is 128 Å². The molecule has 20 heavy (non-hydrogen) atoms. The van der Waals surface area contributed by atoms with Gasteiger partial charge in [0.2, 0.25) is 0 Å². The molecule has 1 aromatic rings. The van der Waals surface area contributed by atoms with Crippen molar-refractivity contribution in [3.8, 4) is 0 Å². The van der Waals surface area contributed by atoms with Gasteiger partial charge >= 0.3 is 0 Å². The van der Waals surface area contributed by atoms with Crippen molar-refractivity contribution < 1.29 is 0 Å². The highest BCUT2D eigenvalue weighted by molar-refractivity contribution is 6.30. The summed E-state index contributed by atoms with van der Waals surface area (Å²) in [4.78, 5) is 2.51. The van der Waals surface area contributed by atoms with Crippen LogP contribution in [0.2, 0.25) is 5.02 Å². The summed E-state index contributed by atoms with van der Waals surface area (Å²) in [5.74, 6) is 0.909. The quantitative estimate of drug-likeness (QED) is 0.779. The van der Waals surface area contributed by atoms with Crippen LogP contribution in [0.1, 0.15) is 45.1 Å². The van der Waals surface area contributed by atoms with E-state index in [4.69, 9.17) is 11.6 Å². The Balaban J connectivity index is 2.06. The lowest BCUT2D eigenvalue weighted by Crippen LogP contribution is -2.34. The van der Waals surface area contributed by atoms with Crippen LogP contribution in [0.15, 0.2) is 18.2 Å². The fraction of sp³-hybridized carbons (Fsp3) is 0.647.